The van der Waals surface area contributed by atoms with Gasteiger partial charge in [0.1, 0.15) is 7.85 Å². The molecule has 2 N–H and O–H groups in total. The predicted molar refractivity (Wildman–Crippen MR) is 64.0 cm³/mol. The molecule has 1 rings (SSSR count). The first-order valence-corrected chi connectivity index (χ1v) is 4.95. The quantitative estimate of drug-likeness (QED) is 0.334. The molecule has 5 heteroatoms. The van der Waals surface area contributed by atoms with Crippen LogP contribution >= 0.6 is 11.6 Å². The molecule has 0 aliphatic carbocycles. The molecule has 0 amide bonds. The van der Waals surface area contributed by atoms with Crippen molar-refractivity contribution in [3.63, 3.8) is 0 Å². The zero-order valence-corrected chi connectivity index (χ0v) is 9.71. The van der Waals surface area contributed by atoms with Crippen LogP contribution in [-0.4, -0.2) is 23.3 Å². The lowest BCUT2D eigenvalue weighted by molar-refractivity contribution is 0.0797. The molecule has 15 heavy (non-hydrogen) atoms. The van der Waals surface area contributed by atoms with Gasteiger partial charge < -0.3 is 10.3 Å². The topological polar surface area (TPSA) is 52.8 Å². The van der Waals surface area contributed by atoms with Gasteiger partial charge in [0.2, 0.25) is 0 Å². The molecular formula is C10H13BClNO2. The summed E-state index contributed by atoms with van der Waals surface area (Å²) in [5.74, 6) is 0. The van der Waals surface area contributed by atoms with Crippen molar-refractivity contribution in [3.8, 4) is 0 Å². The molecule has 1 aromatic carbocycles. The Balaban J connectivity index is 3.29. The van der Waals surface area contributed by atoms with Crippen LogP contribution in [-0.2, 0) is 5.60 Å². The Kier molecular flexibility index (Phi) is 3.42. The van der Waals surface area contributed by atoms with E-state index in [1.165, 1.54) is 0 Å². The second kappa shape index (κ2) is 4.25. The molecule has 0 aromatic heterocycles. The lowest BCUT2D eigenvalue weighted by atomic mass is 9.82. The largest absolute Gasteiger partial charge is 0.410 e. The summed E-state index contributed by atoms with van der Waals surface area (Å²) in [5, 5.41) is 21.4. The lowest BCUT2D eigenvalue weighted by Gasteiger charge is -2.21. The number of benzene rings is 1. The fraction of sp³-hybridized carbons (Fsp3) is 0.300. The Hall–Kier alpha value is -0.995. The number of oxime groups is 1. The average molecular weight is 225 g/mol. The van der Waals surface area contributed by atoms with Crippen molar-refractivity contribution in [2.75, 3.05) is 0 Å². The maximum atomic E-state index is 9.90. The van der Waals surface area contributed by atoms with Crippen LogP contribution in [0.25, 0.3) is 0 Å². The van der Waals surface area contributed by atoms with E-state index in [0.29, 0.717) is 5.56 Å². The third-order valence-electron chi connectivity index (χ3n) is 2.22. The minimum atomic E-state index is -0.938. The summed E-state index contributed by atoms with van der Waals surface area (Å²) >= 11 is 5.68. The Morgan fingerprint density at radius 2 is 2.07 bits per heavy atom. The van der Waals surface area contributed by atoms with Crippen molar-refractivity contribution in [2.45, 2.75) is 19.4 Å². The first-order valence-electron chi connectivity index (χ1n) is 4.57. The summed E-state index contributed by atoms with van der Waals surface area (Å²) in [7, 11) is 1.90. The smallest absolute Gasteiger partial charge is 0.175 e. The molecule has 3 nitrogen and oxygen atoms in total. The Morgan fingerprint density at radius 1 is 1.47 bits per heavy atom. The lowest BCUT2D eigenvalue weighted by Crippen LogP contribution is -2.26. The average Bonchev–Trinajstić information content (AvgIpc) is 2.15. The van der Waals surface area contributed by atoms with Crippen LogP contribution in [0.1, 0.15) is 25.0 Å². The molecule has 1 aromatic rings. The van der Waals surface area contributed by atoms with Gasteiger partial charge in [-0.15, -0.1) is 0 Å². The zero-order chi connectivity index (χ0) is 11.6. The van der Waals surface area contributed by atoms with E-state index in [-0.39, 0.29) is 5.17 Å². The van der Waals surface area contributed by atoms with Gasteiger partial charge in [0.15, 0.2) is 5.17 Å². The highest BCUT2D eigenvalue weighted by Gasteiger charge is 2.19. The Labute approximate surface area is 94.8 Å². The third kappa shape index (κ3) is 2.73. The molecule has 0 fully saturated rings. The van der Waals surface area contributed by atoms with Crippen molar-refractivity contribution in [3.05, 3.63) is 29.3 Å². The molecule has 0 aliphatic heterocycles. The monoisotopic (exact) mass is 225 g/mol. The Morgan fingerprint density at radius 3 is 2.53 bits per heavy atom. The number of nitrogens with zero attached hydrogens (tertiary/aromatic N) is 1. The molecule has 0 atom stereocenters. The maximum absolute atomic E-state index is 9.90. The first-order chi connectivity index (χ1) is 6.86. The van der Waals surface area contributed by atoms with Crippen LogP contribution < -0.4 is 5.46 Å². The van der Waals surface area contributed by atoms with E-state index in [1.807, 2.05) is 13.9 Å². The van der Waals surface area contributed by atoms with Gasteiger partial charge in [-0.2, -0.15) is 0 Å². The number of hydrogen-bond donors (Lipinski definition) is 2. The predicted octanol–water partition coefficient (Wildman–Crippen LogP) is 0.547. The fourth-order valence-corrected chi connectivity index (χ4v) is 1.58. The number of hydrogen-bond acceptors (Lipinski definition) is 3. The number of halogens is 1. The van der Waals surface area contributed by atoms with E-state index in [1.54, 1.807) is 26.0 Å². The van der Waals surface area contributed by atoms with Crippen LogP contribution in [0.15, 0.2) is 23.4 Å². The minimum absolute atomic E-state index is 0.0144. The second-order valence-electron chi connectivity index (χ2n) is 3.98. The summed E-state index contributed by atoms with van der Waals surface area (Å²) in [6.45, 7) is 3.40. The highest BCUT2D eigenvalue weighted by atomic mass is 35.5. The summed E-state index contributed by atoms with van der Waals surface area (Å²) in [5.41, 5.74) is 1.38. The molecule has 0 aliphatic rings. The van der Waals surface area contributed by atoms with Crippen molar-refractivity contribution in [1.82, 2.24) is 0 Å². The van der Waals surface area contributed by atoms with Crippen molar-refractivity contribution >= 4 is 30.1 Å². The summed E-state index contributed by atoms with van der Waals surface area (Å²) in [4.78, 5) is 0. The molecule has 0 spiro atoms. The molecule has 0 saturated heterocycles. The van der Waals surface area contributed by atoms with Gasteiger partial charge in [0, 0.05) is 5.56 Å². The van der Waals surface area contributed by atoms with Crippen LogP contribution in [0.3, 0.4) is 0 Å². The SMILES string of the molecule is Bc1ccc(/C(Cl)=N\O)cc1C(C)(C)O. The van der Waals surface area contributed by atoms with Crippen LogP contribution in [0.2, 0.25) is 0 Å². The van der Waals surface area contributed by atoms with Gasteiger partial charge in [-0.25, -0.2) is 0 Å². The van der Waals surface area contributed by atoms with E-state index >= 15 is 0 Å². The van der Waals surface area contributed by atoms with E-state index in [0.717, 1.165) is 11.0 Å². The normalized spacial score (nSPS) is 12.9. The van der Waals surface area contributed by atoms with Crippen LogP contribution in [0.5, 0.6) is 0 Å². The van der Waals surface area contributed by atoms with Gasteiger partial charge in [-0.05, 0) is 25.5 Å². The summed E-state index contributed by atoms with van der Waals surface area (Å²) < 4.78 is 0. The van der Waals surface area contributed by atoms with E-state index in [4.69, 9.17) is 16.8 Å². The van der Waals surface area contributed by atoms with Gasteiger partial charge in [-0.1, -0.05) is 34.4 Å². The maximum Gasteiger partial charge on any atom is 0.175 e. The van der Waals surface area contributed by atoms with E-state index in [9.17, 15) is 5.11 Å². The fourth-order valence-electron chi connectivity index (χ4n) is 1.47. The molecule has 0 radical (unpaired) electrons. The highest BCUT2D eigenvalue weighted by molar-refractivity contribution is 6.69. The van der Waals surface area contributed by atoms with E-state index < -0.39 is 5.60 Å². The van der Waals surface area contributed by atoms with Crippen molar-refractivity contribution in [1.29, 1.82) is 0 Å². The van der Waals surface area contributed by atoms with Gasteiger partial charge >= 0.3 is 0 Å². The molecule has 80 valence electrons. The van der Waals surface area contributed by atoms with Gasteiger partial charge in [0.05, 0.1) is 5.60 Å². The standard InChI is InChI=1S/C10H13BClNO2/c1-10(2,14)7-5-6(9(12)13-15)3-4-8(7)11/h3-5,14-15H,11H2,1-2H3/b13-9+. The molecular weight excluding hydrogens is 212 g/mol. The van der Waals surface area contributed by atoms with Crippen molar-refractivity contribution < 1.29 is 10.3 Å². The number of aliphatic hydroxyl groups is 1. The first kappa shape index (κ1) is 12.1. The molecule has 0 unspecified atom stereocenters. The minimum Gasteiger partial charge on any atom is -0.410 e. The van der Waals surface area contributed by atoms with Crippen molar-refractivity contribution in [2.24, 2.45) is 5.16 Å². The number of rotatable bonds is 2. The molecule has 0 bridgehead atoms. The van der Waals surface area contributed by atoms with Crippen LogP contribution in [0, 0.1) is 0 Å². The third-order valence-corrected chi connectivity index (χ3v) is 2.52. The van der Waals surface area contributed by atoms with Gasteiger partial charge in [-0.3, -0.25) is 0 Å². The second-order valence-corrected chi connectivity index (χ2v) is 4.34. The van der Waals surface area contributed by atoms with Gasteiger partial charge in [0.25, 0.3) is 0 Å². The summed E-state index contributed by atoms with van der Waals surface area (Å²) in [6, 6.07) is 5.29. The van der Waals surface area contributed by atoms with Crippen LogP contribution in [0.4, 0.5) is 0 Å². The molecule has 0 heterocycles. The Bertz CT molecular complexity index is 399. The summed E-state index contributed by atoms with van der Waals surface area (Å²) in [6.07, 6.45) is 0. The molecule has 0 saturated carbocycles. The highest BCUT2D eigenvalue weighted by Crippen LogP contribution is 2.19. The zero-order valence-electron chi connectivity index (χ0n) is 8.95. The van der Waals surface area contributed by atoms with E-state index in [2.05, 4.69) is 5.16 Å².